The van der Waals surface area contributed by atoms with E-state index in [4.69, 9.17) is 16.7 Å². The number of hydrogen-bond donors (Lipinski definition) is 2. The van der Waals surface area contributed by atoms with Crippen LogP contribution in [0.5, 0.6) is 5.75 Å². The first-order valence-electron chi connectivity index (χ1n) is 7.16. The third-order valence-corrected chi connectivity index (χ3v) is 3.13. The lowest BCUT2D eigenvalue weighted by atomic mass is 10.0. The van der Waals surface area contributed by atoms with Gasteiger partial charge in [-0.25, -0.2) is 0 Å². The predicted molar refractivity (Wildman–Crippen MR) is 83.5 cm³/mol. The molecule has 0 fully saturated rings. The van der Waals surface area contributed by atoms with Crippen LogP contribution in [0.25, 0.3) is 0 Å². The van der Waals surface area contributed by atoms with Gasteiger partial charge in [0.05, 0.1) is 0 Å². The quantitative estimate of drug-likeness (QED) is 0.544. The third-order valence-electron chi connectivity index (χ3n) is 2.91. The number of rotatable bonds is 8. The summed E-state index contributed by atoms with van der Waals surface area (Å²) in [5.41, 5.74) is 1.09. The number of halogens is 1. The average molecular weight is 301 g/mol. The Kier molecular flexibility index (Phi) is 12.0. The molecule has 0 atom stereocenters. The molecule has 0 radical (unpaired) electrons. The Morgan fingerprint density at radius 2 is 1.65 bits per heavy atom. The van der Waals surface area contributed by atoms with E-state index < -0.39 is 5.97 Å². The van der Waals surface area contributed by atoms with Crippen LogP contribution < -0.4 is 0 Å². The standard InChI is InChI=1S/C14H22O.C2H3ClO2/c1-2-3-4-5-6-7-10-13-11-8-9-12-14(13)15;3-1-2(4)5/h8-9,11-12,15H,2-7,10H2,1H3;1H2,(H,4,5). The maximum absolute atomic E-state index is 9.55. The molecule has 3 nitrogen and oxygen atoms in total. The molecule has 4 heteroatoms. The van der Waals surface area contributed by atoms with Crippen LogP contribution in [0.3, 0.4) is 0 Å². The number of carboxylic acid groups (broad SMARTS) is 1. The zero-order valence-electron chi connectivity index (χ0n) is 12.1. The van der Waals surface area contributed by atoms with E-state index in [9.17, 15) is 9.90 Å². The van der Waals surface area contributed by atoms with Crippen LogP contribution in [0.15, 0.2) is 24.3 Å². The summed E-state index contributed by atoms with van der Waals surface area (Å²) in [7, 11) is 0. The molecular weight excluding hydrogens is 276 g/mol. The molecule has 1 rings (SSSR count). The normalized spacial score (nSPS) is 9.70. The Morgan fingerprint density at radius 3 is 2.20 bits per heavy atom. The molecule has 0 heterocycles. The minimum Gasteiger partial charge on any atom is -0.508 e. The first-order valence-corrected chi connectivity index (χ1v) is 7.69. The summed E-state index contributed by atoms with van der Waals surface area (Å²) in [6, 6.07) is 7.65. The number of unbranched alkanes of at least 4 members (excludes halogenated alkanes) is 5. The lowest BCUT2D eigenvalue weighted by Crippen LogP contribution is -1.92. The van der Waals surface area contributed by atoms with Crippen LogP contribution in [0.4, 0.5) is 0 Å². The van der Waals surface area contributed by atoms with Gasteiger partial charge in [0.15, 0.2) is 0 Å². The van der Waals surface area contributed by atoms with Crippen LogP contribution in [-0.2, 0) is 11.2 Å². The SMILES string of the molecule is CCCCCCCCc1ccccc1O.O=C(O)CCl. The Bertz CT molecular complexity index is 366. The first kappa shape index (κ1) is 18.8. The number of aryl methyl sites for hydroxylation is 1. The maximum Gasteiger partial charge on any atom is 0.318 e. The Morgan fingerprint density at radius 1 is 1.10 bits per heavy atom. The molecule has 20 heavy (non-hydrogen) atoms. The van der Waals surface area contributed by atoms with Crippen molar-refractivity contribution in [3.8, 4) is 5.75 Å². The second-order valence-corrected chi connectivity index (χ2v) is 4.94. The van der Waals surface area contributed by atoms with Crippen LogP contribution in [0, 0.1) is 0 Å². The Labute approximate surface area is 126 Å². The van der Waals surface area contributed by atoms with Gasteiger partial charge in [-0.15, -0.1) is 11.6 Å². The highest BCUT2D eigenvalue weighted by Gasteiger charge is 1.98. The molecule has 1 aromatic rings. The number of hydrogen-bond acceptors (Lipinski definition) is 2. The van der Waals surface area contributed by atoms with Gasteiger partial charge >= 0.3 is 5.97 Å². The summed E-state index contributed by atoms with van der Waals surface area (Å²) in [6.07, 6.45) is 8.85. The van der Waals surface area contributed by atoms with E-state index in [1.807, 2.05) is 18.2 Å². The number of aliphatic carboxylic acids is 1. The summed E-state index contributed by atoms with van der Waals surface area (Å²) in [6.45, 7) is 2.24. The van der Waals surface area contributed by atoms with E-state index in [0.29, 0.717) is 5.75 Å². The van der Waals surface area contributed by atoms with Crippen molar-refractivity contribution >= 4 is 17.6 Å². The van der Waals surface area contributed by atoms with Crippen LogP contribution >= 0.6 is 11.6 Å². The summed E-state index contributed by atoms with van der Waals surface area (Å²) in [4.78, 5) is 9.24. The lowest BCUT2D eigenvalue weighted by Gasteiger charge is -2.03. The zero-order chi connectivity index (χ0) is 15.2. The van der Waals surface area contributed by atoms with Gasteiger partial charge in [-0.05, 0) is 24.5 Å². The van der Waals surface area contributed by atoms with E-state index in [0.717, 1.165) is 12.0 Å². The van der Waals surface area contributed by atoms with Crippen LogP contribution in [-0.4, -0.2) is 22.1 Å². The van der Waals surface area contributed by atoms with Gasteiger partial charge in [0.2, 0.25) is 0 Å². The largest absolute Gasteiger partial charge is 0.508 e. The molecule has 0 amide bonds. The molecule has 0 unspecified atom stereocenters. The van der Waals surface area contributed by atoms with Crippen molar-refractivity contribution < 1.29 is 15.0 Å². The van der Waals surface area contributed by atoms with Crippen molar-refractivity contribution in [3.63, 3.8) is 0 Å². The van der Waals surface area contributed by atoms with Gasteiger partial charge in [0.25, 0.3) is 0 Å². The van der Waals surface area contributed by atoms with Crippen LogP contribution in [0.1, 0.15) is 51.0 Å². The minimum absolute atomic E-state index is 0.306. The molecule has 2 N–H and O–H groups in total. The van der Waals surface area contributed by atoms with Crippen molar-refractivity contribution in [1.29, 1.82) is 0 Å². The number of benzene rings is 1. The highest BCUT2D eigenvalue weighted by atomic mass is 35.5. The molecule has 0 saturated carbocycles. The fourth-order valence-electron chi connectivity index (χ4n) is 1.82. The minimum atomic E-state index is -0.980. The average Bonchev–Trinajstić information content (AvgIpc) is 2.45. The molecule has 0 spiro atoms. The van der Waals surface area contributed by atoms with Gasteiger partial charge in [0, 0.05) is 0 Å². The Hall–Kier alpha value is -1.22. The first-order chi connectivity index (χ1) is 9.61. The van der Waals surface area contributed by atoms with Gasteiger partial charge in [-0.2, -0.15) is 0 Å². The second kappa shape index (κ2) is 12.8. The predicted octanol–water partition coefficient (Wildman–Crippen LogP) is 4.61. The Balaban J connectivity index is 0.000000621. The number of aromatic hydroxyl groups is 1. The van der Waals surface area contributed by atoms with E-state index in [2.05, 4.69) is 6.92 Å². The maximum atomic E-state index is 9.55. The molecule has 0 aliphatic rings. The van der Waals surface area contributed by atoms with E-state index in [1.54, 1.807) is 6.07 Å². The molecule has 0 aliphatic carbocycles. The monoisotopic (exact) mass is 300 g/mol. The number of carboxylic acids is 1. The molecule has 0 bridgehead atoms. The van der Waals surface area contributed by atoms with Gasteiger partial charge in [-0.3, -0.25) is 4.79 Å². The summed E-state index contributed by atoms with van der Waals surface area (Å²) in [5, 5.41) is 17.1. The third kappa shape index (κ3) is 10.7. The van der Waals surface area contributed by atoms with Crippen LogP contribution in [0.2, 0.25) is 0 Å². The smallest absolute Gasteiger partial charge is 0.318 e. The molecule has 0 saturated heterocycles. The van der Waals surface area contributed by atoms with Gasteiger partial charge in [-0.1, -0.05) is 57.2 Å². The number of carbonyl (C=O) groups is 1. The fraction of sp³-hybridized carbons (Fsp3) is 0.562. The number of para-hydroxylation sites is 1. The van der Waals surface area contributed by atoms with Crippen molar-refractivity contribution in [2.45, 2.75) is 51.9 Å². The van der Waals surface area contributed by atoms with Crippen molar-refractivity contribution in [1.82, 2.24) is 0 Å². The van der Waals surface area contributed by atoms with E-state index in [-0.39, 0.29) is 5.88 Å². The molecule has 0 aromatic heterocycles. The molecule has 0 aliphatic heterocycles. The molecular formula is C16H25ClO3. The van der Waals surface area contributed by atoms with Crippen molar-refractivity contribution in [2.24, 2.45) is 0 Å². The molecule has 1 aromatic carbocycles. The second-order valence-electron chi connectivity index (χ2n) is 4.67. The number of phenolic OH excluding ortho intramolecular Hbond substituents is 1. The fourth-order valence-corrected chi connectivity index (χ4v) is 1.82. The van der Waals surface area contributed by atoms with Gasteiger partial charge in [0.1, 0.15) is 11.6 Å². The summed E-state index contributed by atoms with van der Waals surface area (Å²) >= 11 is 4.74. The highest BCUT2D eigenvalue weighted by Crippen LogP contribution is 2.18. The van der Waals surface area contributed by atoms with E-state index >= 15 is 0 Å². The molecule has 114 valence electrons. The zero-order valence-corrected chi connectivity index (χ0v) is 12.9. The topological polar surface area (TPSA) is 57.5 Å². The van der Waals surface area contributed by atoms with Gasteiger partial charge < -0.3 is 10.2 Å². The van der Waals surface area contributed by atoms with E-state index in [1.165, 1.54) is 38.5 Å². The number of phenols is 1. The summed E-state index contributed by atoms with van der Waals surface area (Å²) in [5.74, 6) is -0.835. The van der Waals surface area contributed by atoms with Crippen molar-refractivity contribution in [2.75, 3.05) is 5.88 Å². The van der Waals surface area contributed by atoms with Crippen molar-refractivity contribution in [3.05, 3.63) is 29.8 Å². The number of alkyl halides is 1. The summed E-state index contributed by atoms with van der Waals surface area (Å²) < 4.78 is 0. The lowest BCUT2D eigenvalue weighted by molar-refractivity contribution is -0.134. The highest BCUT2D eigenvalue weighted by molar-refractivity contribution is 6.26.